The molecule has 2 bridgehead atoms. The van der Waals surface area contributed by atoms with Gasteiger partial charge >= 0.3 is 5.97 Å². The number of aliphatic hydroxyl groups is 2. The van der Waals surface area contributed by atoms with E-state index in [2.05, 4.69) is 4.90 Å². The lowest BCUT2D eigenvalue weighted by Crippen LogP contribution is -2.54. The Morgan fingerprint density at radius 1 is 1.07 bits per heavy atom. The molecule has 2 aromatic rings. The van der Waals surface area contributed by atoms with Crippen molar-refractivity contribution in [3.63, 3.8) is 0 Å². The molecule has 1 unspecified atom stereocenters. The van der Waals surface area contributed by atoms with Gasteiger partial charge in [-0.2, -0.15) is 0 Å². The summed E-state index contributed by atoms with van der Waals surface area (Å²) in [5.74, 6) is -0.775. The number of carbonyl (C=O) groups excluding carboxylic acids is 1. The highest BCUT2D eigenvalue weighted by atomic mass is 16.5. The van der Waals surface area contributed by atoms with Gasteiger partial charge in [0.25, 0.3) is 0 Å². The van der Waals surface area contributed by atoms with Gasteiger partial charge < -0.3 is 14.9 Å². The van der Waals surface area contributed by atoms with Gasteiger partial charge in [-0.1, -0.05) is 48.5 Å². The molecule has 0 aromatic heterocycles. The Kier molecular flexibility index (Phi) is 5.00. The summed E-state index contributed by atoms with van der Waals surface area (Å²) in [6, 6.07) is 18.2. The molecule has 5 heteroatoms. The number of likely N-dealkylation sites (N-methyl/N-ethyl adjacent to an activating group) is 1. The van der Waals surface area contributed by atoms with E-state index in [1.807, 2.05) is 43.4 Å². The van der Waals surface area contributed by atoms with Crippen molar-refractivity contribution in [3.05, 3.63) is 71.8 Å². The number of hydrogen-bond donors (Lipinski definition) is 2. The average molecular weight is 367 g/mol. The molecule has 5 nitrogen and oxygen atoms in total. The Balaban J connectivity index is 1.63. The number of ether oxygens (including phenoxy) is 1. The van der Waals surface area contributed by atoms with E-state index in [0.717, 1.165) is 5.56 Å². The first-order chi connectivity index (χ1) is 13.1. The fraction of sp³-hybridized carbons (Fsp3) is 0.409. The second-order valence-corrected chi connectivity index (χ2v) is 7.59. The zero-order chi connectivity index (χ0) is 19.0. The summed E-state index contributed by atoms with van der Waals surface area (Å²) in [7, 11) is 1.98. The first-order valence-corrected chi connectivity index (χ1v) is 9.45. The Bertz CT molecular complexity index is 781. The molecule has 2 aliphatic heterocycles. The Morgan fingerprint density at radius 3 is 2.37 bits per heavy atom. The number of rotatable bonds is 4. The number of benzene rings is 2. The predicted octanol–water partition coefficient (Wildman–Crippen LogP) is 2.40. The molecule has 0 amide bonds. The second kappa shape index (κ2) is 7.43. The molecule has 6 atom stereocenters. The minimum absolute atomic E-state index is 0.151. The van der Waals surface area contributed by atoms with Gasteiger partial charge in [-0.15, -0.1) is 0 Å². The van der Waals surface area contributed by atoms with E-state index in [1.165, 1.54) is 0 Å². The van der Waals surface area contributed by atoms with Crippen LogP contribution in [0.5, 0.6) is 0 Å². The minimum Gasteiger partial charge on any atom is -0.458 e. The molecule has 27 heavy (non-hydrogen) atoms. The van der Waals surface area contributed by atoms with Crippen LogP contribution in [0.3, 0.4) is 0 Å². The maximum atomic E-state index is 12.6. The van der Waals surface area contributed by atoms with Crippen molar-refractivity contribution in [3.8, 4) is 0 Å². The maximum absolute atomic E-state index is 12.6. The molecule has 142 valence electrons. The number of carbonyl (C=O) groups is 1. The summed E-state index contributed by atoms with van der Waals surface area (Å²) in [5.41, 5.74) is 1.27. The van der Waals surface area contributed by atoms with Crippen molar-refractivity contribution < 1.29 is 19.7 Å². The number of esters is 1. The number of aliphatic hydroxyl groups excluding tert-OH is 2. The standard InChI is InChI=1S/C22H25NO4/c1-23-16-12-17(24)20(23)19(21(25)14-8-4-2-5-9-14)18(13-16)27-22(26)15-10-6-3-7-11-15/h2-11,16-21,24-25H,12-13H2,1H3/t16-,17+,18-,19?,20+,21+/m1/s1. The van der Waals surface area contributed by atoms with Gasteiger partial charge in [0, 0.05) is 24.4 Å². The molecule has 2 aliphatic rings. The topological polar surface area (TPSA) is 70.0 Å². The van der Waals surface area contributed by atoms with Crippen molar-refractivity contribution in [2.24, 2.45) is 5.92 Å². The number of hydrogen-bond acceptors (Lipinski definition) is 5. The normalized spacial score (nSPS) is 31.4. The third-order valence-electron chi connectivity index (χ3n) is 6.06. The fourth-order valence-corrected chi connectivity index (χ4v) is 4.70. The molecular formula is C22H25NO4. The van der Waals surface area contributed by atoms with E-state index in [9.17, 15) is 15.0 Å². The molecule has 2 N–H and O–H groups in total. The SMILES string of the molecule is CN1[C@H]2C[C@@H](OC(=O)c3ccccc3)C([C@@H](O)c3ccccc3)[C@@H]1[C@@H](O)C2. The highest BCUT2D eigenvalue weighted by Crippen LogP contribution is 2.45. The predicted molar refractivity (Wildman–Crippen MR) is 101 cm³/mol. The van der Waals surface area contributed by atoms with Crippen molar-refractivity contribution in [1.29, 1.82) is 0 Å². The van der Waals surface area contributed by atoms with Crippen molar-refractivity contribution in [2.45, 2.75) is 43.2 Å². The Labute approximate surface area is 159 Å². The fourth-order valence-electron chi connectivity index (χ4n) is 4.70. The molecule has 0 radical (unpaired) electrons. The van der Waals surface area contributed by atoms with Gasteiger partial charge in [-0.05, 0) is 31.2 Å². The molecule has 2 fully saturated rings. The van der Waals surface area contributed by atoms with Gasteiger partial charge in [-0.25, -0.2) is 4.79 Å². The van der Waals surface area contributed by atoms with Crippen LogP contribution in [-0.4, -0.2) is 52.4 Å². The van der Waals surface area contributed by atoms with E-state index in [4.69, 9.17) is 4.74 Å². The highest BCUT2D eigenvalue weighted by Gasteiger charge is 2.54. The van der Waals surface area contributed by atoms with Crippen molar-refractivity contribution in [1.82, 2.24) is 4.90 Å². The quantitative estimate of drug-likeness (QED) is 0.812. The van der Waals surface area contributed by atoms with Crippen LogP contribution in [0.4, 0.5) is 0 Å². The molecule has 0 aliphatic carbocycles. The molecule has 0 saturated carbocycles. The molecule has 4 rings (SSSR count). The highest BCUT2D eigenvalue weighted by molar-refractivity contribution is 5.89. The Morgan fingerprint density at radius 2 is 1.70 bits per heavy atom. The lowest BCUT2D eigenvalue weighted by Gasteiger charge is -2.44. The third kappa shape index (κ3) is 3.38. The summed E-state index contributed by atoms with van der Waals surface area (Å²) in [6.07, 6.45) is -0.559. The van der Waals surface area contributed by atoms with E-state index >= 15 is 0 Å². The number of fused-ring (bicyclic) bond motifs is 2. The van der Waals surface area contributed by atoms with Gasteiger partial charge in [0.1, 0.15) is 6.10 Å². The first kappa shape index (κ1) is 18.2. The number of piperidine rings is 1. The van der Waals surface area contributed by atoms with Crippen LogP contribution >= 0.6 is 0 Å². The second-order valence-electron chi connectivity index (χ2n) is 7.59. The van der Waals surface area contributed by atoms with Crippen molar-refractivity contribution >= 4 is 5.97 Å². The molecule has 0 spiro atoms. The van der Waals surface area contributed by atoms with Crippen LogP contribution in [-0.2, 0) is 4.74 Å². The van der Waals surface area contributed by atoms with Gasteiger partial charge in [0.2, 0.25) is 0 Å². The largest absolute Gasteiger partial charge is 0.458 e. The van der Waals surface area contributed by atoms with Gasteiger partial charge in [0.05, 0.1) is 17.8 Å². The summed E-state index contributed by atoms with van der Waals surface area (Å²) < 4.78 is 5.87. The van der Waals surface area contributed by atoms with E-state index < -0.39 is 18.3 Å². The lowest BCUT2D eigenvalue weighted by atomic mass is 9.80. The average Bonchev–Trinajstić information content (AvgIpc) is 2.87. The van der Waals surface area contributed by atoms with Crippen molar-refractivity contribution in [2.75, 3.05) is 7.05 Å². The van der Waals surface area contributed by atoms with E-state index in [0.29, 0.717) is 18.4 Å². The smallest absolute Gasteiger partial charge is 0.338 e. The van der Waals surface area contributed by atoms with Crippen LogP contribution < -0.4 is 0 Å². The third-order valence-corrected chi connectivity index (χ3v) is 6.06. The summed E-state index contributed by atoms with van der Waals surface area (Å²) in [5, 5.41) is 21.7. The molecule has 2 saturated heterocycles. The summed E-state index contributed by atoms with van der Waals surface area (Å²) in [4.78, 5) is 14.8. The van der Waals surface area contributed by atoms with Crippen LogP contribution in [0.15, 0.2) is 60.7 Å². The van der Waals surface area contributed by atoms with Crippen LogP contribution in [0.2, 0.25) is 0 Å². The lowest BCUT2D eigenvalue weighted by molar-refractivity contribution is -0.0906. The Hall–Kier alpha value is -2.21. The minimum atomic E-state index is -0.819. The van der Waals surface area contributed by atoms with Crippen LogP contribution in [0, 0.1) is 5.92 Å². The molecule has 2 aromatic carbocycles. The van der Waals surface area contributed by atoms with Gasteiger partial charge in [0.15, 0.2) is 0 Å². The van der Waals surface area contributed by atoms with Crippen LogP contribution in [0.25, 0.3) is 0 Å². The van der Waals surface area contributed by atoms with Gasteiger partial charge in [-0.3, -0.25) is 4.90 Å². The monoisotopic (exact) mass is 367 g/mol. The summed E-state index contributed by atoms with van der Waals surface area (Å²) in [6.45, 7) is 0. The van der Waals surface area contributed by atoms with Crippen LogP contribution in [0.1, 0.15) is 34.9 Å². The number of nitrogens with zero attached hydrogens (tertiary/aromatic N) is 1. The molecule has 2 heterocycles. The first-order valence-electron chi connectivity index (χ1n) is 9.45. The van der Waals surface area contributed by atoms with E-state index in [-0.39, 0.29) is 24.0 Å². The zero-order valence-electron chi connectivity index (χ0n) is 15.3. The zero-order valence-corrected chi connectivity index (χ0v) is 15.3. The molecular weight excluding hydrogens is 342 g/mol. The van der Waals surface area contributed by atoms with E-state index in [1.54, 1.807) is 24.3 Å². The summed E-state index contributed by atoms with van der Waals surface area (Å²) >= 11 is 0. The maximum Gasteiger partial charge on any atom is 0.338 e.